The average molecular weight is 576 g/mol. The summed E-state index contributed by atoms with van der Waals surface area (Å²) < 4.78 is 7.11. The van der Waals surface area contributed by atoms with Crippen LogP contribution in [0.15, 0.2) is 125 Å². The number of carbonyl (C=O) groups is 1. The zero-order valence-corrected chi connectivity index (χ0v) is 22.8. The molecule has 1 aromatic heterocycles. The average Bonchev–Trinajstić information content (AvgIpc) is 2.97. The molecule has 1 amide bonds. The zero-order chi connectivity index (χ0) is 27.0. The number of para-hydroxylation sites is 1. The molecule has 192 valence electrons. The van der Waals surface area contributed by atoms with E-state index in [1.165, 1.54) is 0 Å². The summed E-state index contributed by atoms with van der Waals surface area (Å²) >= 11 is 3.45. The molecule has 6 heteroatoms. The monoisotopic (exact) mass is 575 g/mol. The lowest BCUT2D eigenvalue weighted by molar-refractivity contribution is 0.0956. The fraction of sp³-hybridized carbons (Fsp3) is 0.0606. The molecular formula is C33H26BrN3O2. The standard InChI is InChI=1S/C33H26BrN3O2/c1-2-8-26-19-24(15-18-32(26)39-22-23-13-16-27(34)17-14-23)21-35-37-33(38)29-20-31(25-9-4-3-5-10-25)36-30-12-7-6-11-28(29)30/h2-7,9-21H,1,8,22H2,(H,37,38)/b35-21+. The van der Waals surface area contributed by atoms with E-state index < -0.39 is 0 Å². The normalized spacial score (nSPS) is 11.0. The number of nitrogens with zero attached hydrogens (tertiary/aromatic N) is 2. The van der Waals surface area contributed by atoms with Crippen LogP contribution in [0, 0.1) is 0 Å². The summed E-state index contributed by atoms with van der Waals surface area (Å²) in [4.78, 5) is 18.0. The smallest absolute Gasteiger partial charge is 0.272 e. The summed E-state index contributed by atoms with van der Waals surface area (Å²) in [6, 6.07) is 33.1. The Labute approximate surface area is 236 Å². The van der Waals surface area contributed by atoms with Crippen molar-refractivity contribution in [1.29, 1.82) is 0 Å². The van der Waals surface area contributed by atoms with E-state index >= 15 is 0 Å². The van der Waals surface area contributed by atoms with Crippen LogP contribution in [0.1, 0.15) is 27.0 Å². The Morgan fingerprint density at radius 2 is 1.72 bits per heavy atom. The number of hydrazone groups is 1. The van der Waals surface area contributed by atoms with Crippen molar-refractivity contribution in [1.82, 2.24) is 10.4 Å². The second-order valence-electron chi connectivity index (χ2n) is 8.91. The number of aromatic nitrogens is 1. The molecule has 0 aliphatic rings. The number of carbonyl (C=O) groups excluding carboxylic acids is 1. The van der Waals surface area contributed by atoms with E-state index in [1.54, 1.807) is 6.21 Å². The van der Waals surface area contributed by atoms with Crippen molar-refractivity contribution in [2.45, 2.75) is 13.0 Å². The zero-order valence-electron chi connectivity index (χ0n) is 21.2. The van der Waals surface area contributed by atoms with E-state index in [2.05, 4.69) is 33.0 Å². The van der Waals surface area contributed by atoms with E-state index in [0.717, 1.165) is 49.1 Å². The molecule has 0 saturated carbocycles. The summed E-state index contributed by atoms with van der Waals surface area (Å²) in [6.07, 6.45) is 4.11. The fourth-order valence-corrected chi connectivity index (χ4v) is 4.49. The van der Waals surface area contributed by atoms with Crippen LogP contribution in [0.4, 0.5) is 0 Å². The topological polar surface area (TPSA) is 63.6 Å². The number of allylic oxidation sites excluding steroid dienone is 1. The number of nitrogens with one attached hydrogen (secondary N) is 1. The van der Waals surface area contributed by atoms with Gasteiger partial charge in [0, 0.05) is 15.4 Å². The van der Waals surface area contributed by atoms with Crippen LogP contribution < -0.4 is 10.2 Å². The molecule has 39 heavy (non-hydrogen) atoms. The molecule has 0 fully saturated rings. The minimum absolute atomic E-state index is 0.303. The van der Waals surface area contributed by atoms with Gasteiger partial charge in [-0.2, -0.15) is 5.10 Å². The maximum absolute atomic E-state index is 13.2. The van der Waals surface area contributed by atoms with Gasteiger partial charge in [0.05, 0.1) is 23.0 Å². The van der Waals surface area contributed by atoms with E-state index in [-0.39, 0.29) is 5.91 Å². The van der Waals surface area contributed by atoms with Crippen molar-refractivity contribution >= 4 is 39.0 Å². The van der Waals surface area contributed by atoms with Crippen LogP contribution in [0.3, 0.4) is 0 Å². The molecule has 0 radical (unpaired) electrons. The SMILES string of the molecule is C=CCc1cc(/C=N/NC(=O)c2cc(-c3ccccc3)nc3ccccc23)ccc1OCc1ccc(Br)cc1. The third kappa shape index (κ3) is 6.48. The number of ether oxygens (including phenoxy) is 1. The summed E-state index contributed by atoms with van der Waals surface area (Å²) in [5.41, 5.74) is 8.53. The van der Waals surface area contributed by atoms with Crippen molar-refractivity contribution in [3.63, 3.8) is 0 Å². The van der Waals surface area contributed by atoms with Crippen LogP contribution >= 0.6 is 15.9 Å². The molecule has 0 aliphatic carbocycles. The van der Waals surface area contributed by atoms with Gasteiger partial charge in [0.25, 0.3) is 5.91 Å². The highest BCUT2D eigenvalue weighted by Gasteiger charge is 2.13. The molecule has 0 spiro atoms. The summed E-state index contributed by atoms with van der Waals surface area (Å²) in [7, 11) is 0. The Morgan fingerprint density at radius 3 is 2.51 bits per heavy atom. The van der Waals surface area contributed by atoms with Gasteiger partial charge < -0.3 is 4.74 Å². The highest BCUT2D eigenvalue weighted by Crippen LogP contribution is 2.25. The number of hydrogen-bond donors (Lipinski definition) is 1. The van der Waals surface area contributed by atoms with Crippen molar-refractivity contribution in [3.8, 4) is 17.0 Å². The minimum Gasteiger partial charge on any atom is -0.489 e. The molecule has 5 rings (SSSR count). The van der Waals surface area contributed by atoms with Gasteiger partial charge in [-0.1, -0.05) is 82.7 Å². The highest BCUT2D eigenvalue weighted by atomic mass is 79.9. The van der Waals surface area contributed by atoms with Gasteiger partial charge in [-0.3, -0.25) is 4.79 Å². The van der Waals surface area contributed by atoms with Crippen LogP contribution in [0.25, 0.3) is 22.2 Å². The lowest BCUT2D eigenvalue weighted by atomic mass is 10.0. The van der Waals surface area contributed by atoms with Crippen molar-refractivity contribution in [3.05, 3.63) is 143 Å². The van der Waals surface area contributed by atoms with E-state index in [0.29, 0.717) is 18.6 Å². The Balaban J connectivity index is 1.33. The third-order valence-electron chi connectivity index (χ3n) is 6.17. The summed E-state index contributed by atoms with van der Waals surface area (Å²) in [6.45, 7) is 4.34. The first-order chi connectivity index (χ1) is 19.1. The number of benzene rings is 4. The number of amides is 1. The molecule has 0 atom stereocenters. The van der Waals surface area contributed by atoms with Crippen LogP contribution in [-0.2, 0) is 13.0 Å². The van der Waals surface area contributed by atoms with Crippen LogP contribution in [-0.4, -0.2) is 17.1 Å². The minimum atomic E-state index is -0.303. The quantitative estimate of drug-likeness (QED) is 0.111. The largest absolute Gasteiger partial charge is 0.489 e. The molecule has 1 N–H and O–H groups in total. The van der Waals surface area contributed by atoms with Crippen molar-refractivity contribution in [2.75, 3.05) is 0 Å². The first-order valence-electron chi connectivity index (χ1n) is 12.5. The van der Waals surface area contributed by atoms with E-state index in [9.17, 15) is 4.79 Å². The second kappa shape index (κ2) is 12.3. The highest BCUT2D eigenvalue weighted by molar-refractivity contribution is 9.10. The second-order valence-corrected chi connectivity index (χ2v) is 9.83. The van der Waals surface area contributed by atoms with Gasteiger partial charge in [0.2, 0.25) is 0 Å². The lowest BCUT2D eigenvalue weighted by Gasteiger charge is -2.12. The molecule has 5 nitrogen and oxygen atoms in total. The molecule has 0 bridgehead atoms. The molecule has 5 aromatic rings. The number of rotatable bonds is 9. The van der Waals surface area contributed by atoms with Gasteiger partial charge in [0.1, 0.15) is 12.4 Å². The predicted octanol–water partition coefficient (Wildman–Crippen LogP) is 7.74. The number of pyridine rings is 1. The summed E-state index contributed by atoms with van der Waals surface area (Å²) in [5, 5.41) is 5.01. The number of hydrogen-bond acceptors (Lipinski definition) is 4. The fourth-order valence-electron chi connectivity index (χ4n) is 4.22. The lowest BCUT2D eigenvalue weighted by Crippen LogP contribution is -2.18. The maximum Gasteiger partial charge on any atom is 0.272 e. The van der Waals surface area contributed by atoms with Crippen molar-refractivity contribution in [2.24, 2.45) is 5.10 Å². The molecule has 0 saturated heterocycles. The number of fused-ring (bicyclic) bond motifs is 1. The molecule has 0 aliphatic heterocycles. The predicted molar refractivity (Wildman–Crippen MR) is 161 cm³/mol. The first kappa shape index (κ1) is 26.1. The van der Waals surface area contributed by atoms with Crippen LogP contribution in [0.2, 0.25) is 0 Å². The van der Waals surface area contributed by atoms with Gasteiger partial charge in [0.15, 0.2) is 0 Å². The third-order valence-corrected chi connectivity index (χ3v) is 6.70. The maximum atomic E-state index is 13.2. The van der Waals surface area contributed by atoms with Gasteiger partial charge in [-0.25, -0.2) is 10.4 Å². The number of halogens is 1. The molecular weight excluding hydrogens is 550 g/mol. The summed E-state index contributed by atoms with van der Waals surface area (Å²) in [5.74, 6) is 0.485. The molecule has 0 unspecified atom stereocenters. The van der Waals surface area contributed by atoms with Gasteiger partial charge in [-0.05, 0) is 65.6 Å². The first-order valence-corrected chi connectivity index (χ1v) is 13.3. The Hall–Kier alpha value is -4.55. The van der Waals surface area contributed by atoms with Gasteiger partial charge >= 0.3 is 0 Å². The van der Waals surface area contributed by atoms with Crippen LogP contribution in [0.5, 0.6) is 5.75 Å². The Kier molecular flexibility index (Phi) is 8.24. The van der Waals surface area contributed by atoms with E-state index in [1.807, 2.05) is 109 Å². The Morgan fingerprint density at radius 1 is 0.949 bits per heavy atom. The molecule has 4 aromatic carbocycles. The van der Waals surface area contributed by atoms with E-state index in [4.69, 9.17) is 9.72 Å². The van der Waals surface area contributed by atoms with Crippen molar-refractivity contribution < 1.29 is 9.53 Å². The Bertz CT molecular complexity index is 1650. The molecule has 1 heterocycles. The van der Waals surface area contributed by atoms with Gasteiger partial charge in [-0.15, -0.1) is 6.58 Å².